The van der Waals surface area contributed by atoms with Crippen LogP contribution in [-0.2, 0) is 4.87 Å². The number of amides is 1. The molecule has 0 saturated carbocycles. The Bertz CT molecular complexity index is 718. The molecule has 2 aromatic carbocycles. The van der Waals surface area contributed by atoms with E-state index in [1.807, 2.05) is 59.5 Å². The number of carbonyl (C=O) groups is 1. The van der Waals surface area contributed by atoms with Crippen LogP contribution >= 0.6 is 11.8 Å². The van der Waals surface area contributed by atoms with E-state index in [1.165, 1.54) is 0 Å². The molecule has 3 nitrogen and oxygen atoms in total. The van der Waals surface area contributed by atoms with E-state index in [0.29, 0.717) is 6.54 Å². The van der Waals surface area contributed by atoms with E-state index >= 15 is 0 Å². The minimum Gasteiger partial charge on any atom is -0.389 e. The monoisotopic (exact) mass is 311 g/mol. The summed E-state index contributed by atoms with van der Waals surface area (Å²) in [4.78, 5) is 15.0. The number of fused-ring (bicyclic) bond motifs is 3. The van der Waals surface area contributed by atoms with Gasteiger partial charge >= 0.3 is 0 Å². The second kappa shape index (κ2) is 5.14. The van der Waals surface area contributed by atoms with Gasteiger partial charge in [0.25, 0.3) is 5.91 Å². The maximum absolute atomic E-state index is 12.8. The van der Waals surface area contributed by atoms with Gasteiger partial charge in [0.05, 0.1) is 6.10 Å². The molecule has 1 fully saturated rings. The number of hydrogen-bond acceptors (Lipinski definition) is 3. The third kappa shape index (κ3) is 1.84. The van der Waals surface area contributed by atoms with Crippen molar-refractivity contribution in [2.45, 2.75) is 28.7 Å². The van der Waals surface area contributed by atoms with Crippen molar-refractivity contribution >= 4 is 17.7 Å². The number of aliphatic hydroxyl groups excluding tert-OH is 1. The molecule has 2 heterocycles. The summed E-state index contributed by atoms with van der Waals surface area (Å²) in [6.45, 7) is 0.699. The Morgan fingerprint density at radius 1 is 1.09 bits per heavy atom. The molecule has 2 aliphatic heterocycles. The van der Waals surface area contributed by atoms with Crippen LogP contribution in [0, 0.1) is 0 Å². The van der Waals surface area contributed by atoms with Gasteiger partial charge in [0.1, 0.15) is 4.87 Å². The van der Waals surface area contributed by atoms with Crippen molar-refractivity contribution in [3.8, 4) is 0 Å². The SMILES string of the molecule is O=C1c2ccccc2C2(Sc3ccccc3)C(O)CCCN12. The predicted molar refractivity (Wildman–Crippen MR) is 86.7 cm³/mol. The molecule has 0 bridgehead atoms. The Hall–Kier alpha value is -1.78. The molecule has 0 spiro atoms. The molecule has 2 atom stereocenters. The van der Waals surface area contributed by atoms with Crippen LogP contribution in [0.2, 0.25) is 0 Å². The highest BCUT2D eigenvalue weighted by Crippen LogP contribution is 2.54. The quantitative estimate of drug-likeness (QED) is 0.925. The van der Waals surface area contributed by atoms with Gasteiger partial charge in [-0.05, 0) is 31.0 Å². The molecule has 2 aliphatic rings. The van der Waals surface area contributed by atoms with E-state index in [9.17, 15) is 9.90 Å². The first-order valence-corrected chi connectivity index (χ1v) is 8.39. The molecule has 2 unspecified atom stereocenters. The number of hydrogen-bond donors (Lipinski definition) is 1. The van der Waals surface area contributed by atoms with Gasteiger partial charge in [0, 0.05) is 22.6 Å². The molecule has 4 heteroatoms. The molecule has 0 radical (unpaired) electrons. The van der Waals surface area contributed by atoms with Crippen LogP contribution in [0.3, 0.4) is 0 Å². The highest BCUT2D eigenvalue weighted by atomic mass is 32.2. The fraction of sp³-hybridized carbons (Fsp3) is 0.278. The zero-order chi connectivity index (χ0) is 15.2. The number of aliphatic hydroxyl groups is 1. The normalized spacial score (nSPS) is 26.7. The molecular formula is C18H17NO2S. The van der Waals surface area contributed by atoms with Gasteiger partial charge in [-0.15, -0.1) is 0 Å². The van der Waals surface area contributed by atoms with Crippen molar-refractivity contribution < 1.29 is 9.90 Å². The third-order valence-electron chi connectivity index (χ3n) is 4.52. The Kier molecular flexibility index (Phi) is 3.24. The lowest BCUT2D eigenvalue weighted by atomic mass is 9.94. The van der Waals surface area contributed by atoms with Crippen LogP contribution in [0.25, 0.3) is 0 Å². The molecule has 0 aliphatic carbocycles. The lowest BCUT2D eigenvalue weighted by Gasteiger charge is -2.45. The van der Waals surface area contributed by atoms with E-state index in [0.717, 1.165) is 28.9 Å². The van der Waals surface area contributed by atoms with E-state index in [-0.39, 0.29) is 5.91 Å². The molecule has 0 aromatic heterocycles. The highest BCUT2D eigenvalue weighted by molar-refractivity contribution is 8.00. The molecule has 112 valence electrons. The van der Waals surface area contributed by atoms with Crippen molar-refractivity contribution in [1.82, 2.24) is 4.90 Å². The summed E-state index contributed by atoms with van der Waals surface area (Å²) < 4.78 is 0. The average molecular weight is 311 g/mol. The maximum Gasteiger partial charge on any atom is 0.255 e. The first-order chi connectivity index (χ1) is 10.7. The fourth-order valence-corrected chi connectivity index (χ4v) is 5.01. The number of piperidine rings is 1. The number of thioether (sulfide) groups is 1. The van der Waals surface area contributed by atoms with Crippen LogP contribution < -0.4 is 0 Å². The number of benzene rings is 2. The van der Waals surface area contributed by atoms with Crippen molar-refractivity contribution in [3.63, 3.8) is 0 Å². The van der Waals surface area contributed by atoms with Gasteiger partial charge in [-0.25, -0.2) is 0 Å². The Balaban J connectivity index is 1.89. The number of nitrogens with zero attached hydrogens (tertiary/aromatic N) is 1. The predicted octanol–water partition coefficient (Wildman–Crippen LogP) is 3.24. The zero-order valence-electron chi connectivity index (χ0n) is 12.1. The van der Waals surface area contributed by atoms with Crippen molar-refractivity contribution in [2.24, 2.45) is 0 Å². The van der Waals surface area contributed by atoms with Gasteiger partial charge in [-0.3, -0.25) is 4.79 Å². The Labute approximate surface area is 134 Å². The molecule has 1 saturated heterocycles. The van der Waals surface area contributed by atoms with E-state index in [1.54, 1.807) is 11.8 Å². The third-order valence-corrected chi connectivity index (χ3v) is 6.05. The van der Waals surface area contributed by atoms with Gasteiger partial charge in [-0.2, -0.15) is 0 Å². The summed E-state index contributed by atoms with van der Waals surface area (Å²) in [6.07, 6.45) is 1.01. The molecular weight excluding hydrogens is 294 g/mol. The molecule has 22 heavy (non-hydrogen) atoms. The summed E-state index contributed by atoms with van der Waals surface area (Å²) in [5, 5.41) is 10.8. The topological polar surface area (TPSA) is 40.5 Å². The van der Waals surface area contributed by atoms with Crippen LogP contribution in [0.5, 0.6) is 0 Å². The standard InChI is InChI=1S/C18H17NO2S/c20-16-11-6-12-19-17(21)14-9-4-5-10-15(14)18(16,19)22-13-7-2-1-3-8-13/h1-5,7-10,16,20H,6,11-12H2. The molecule has 4 rings (SSSR count). The number of carbonyl (C=O) groups excluding carboxylic acids is 1. The Morgan fingerprint density at radius 3 is 2.64 bits per heavy atom. The smallest absolute Gasteiger partial charge is 0.255 e. The van der Waals surface area contributed by atoms with Crippen LogP contribution in [-0.4, -0.2) is 28.6 Å². The molecule has 2 aromatic rings. The lowest BCUT2D eigenvalue weighted by molar-refractivity contribution is 0.00268. The van der Waals surface area contributed by atoms with Crippen LogP contribution in [0.4, 0.5) is 0 Å². The lowest BCUT2D eigenvalue weighted by Crippen LogP contribution is -2.53. The largest absolute Gasteiger partial charge is 0.389 e. The van der Waals surface area contributed by atoms with Gasteiger partial charge in [0.2, 0.25) is 0 Å². The molecule has 1 N–H and O–H groups in total. The van der Waals surface area contributed by atoms with E-state index in [2.05, 4.69) is 0 Å². The summed E-state index contributed by atoms with van der Waals surface area (Å²) >= 11 is 1.59. The fourth-order valence-electron chi connectivity index (χ4n) is 3.54. The first-order valence-electron chi connectivity index (χ1n) is 7.57. The Morgan fingerprint density at radius 2 is 1.82 bits per heavy atom. The van der Waals surface area contributed by atoms with Crippen molar-refractivity contribution in [1.29, 1.82) is 0 Å². The van der Waals surface area contributed by atoms with Gasteiger partial charge < -0.3 is 10.0 Å². The zero-order valence-corrected chi connectivity index (χ0v) is 12.9. The van der Waals surface area contributed by atoms with E-state index in [4.69, 9.17) is 0 Å². The minimum atomic E-state index is -0.687. The summed E-state index contributed by atoms with van der Waals surface area (Å²) in [7, 11) is 0. The second-order valence-corrected chi connectivity index (χ2v) is 7.07. The average Bonchev–Trinajstić information content (AvgIpc) is 2.80. The van der Waals surface area contributed by atoms with Gasteiger partial charge in [-0.1, -0.05) is 48.2 Å². The number of rotatable bonds is 2. The summed E-state index contributed by atoms with van der Waals surface area (Å²) in [5.41, 5.74) is 1.67. The van der Waals surface area contributed by atoms with Crippen molar-refractivity contribution in [2.75, 3.05) is 6.54 Å². The maximum atomic E-state index is 12.8. The minimum absolute atomic E-state index is 0.0396. The van der Waals surface area contributed by atoms with Crippen LogP contribution in [0.1, 0.15) is 28.8 Å². The van der Waals surface area contributed by atoms with Crippen LogP contribution in [0.15, 0.2) is 59.5 Å². The summed E-state index contributed by atoms with van der Waals surface area (Å²) in [6, 6.07) is 17.7. The molecule has 1 amide bonds. The first kappa shape index (κ1) is 13.9. The van der Waals surface area contributed by atoms with Crippen molar-refractivity contribution in [3.05, 3.63) is 65.7 Å². The highest BCUT2D eigenvalue weighted by Gasteiger charge is 2.56. The van der Waals surface area contributed by atoms with Gasteiger partial charge in [0.15, 0.2) is 0 Å². The summed E-state index contributed by atoms with van der Waals surface area (Å²) in [5.74, 6) is 0.0396. The van der Waals surface area contributed by atoms with E-state index < -0.39 is 11.0 Å². The second-order valence-electron chi connectivity index (χ2n) is 5.77.